The van der Waals surface area contributed by atoms with E-state index in [1.807, 2.05) is 0 Å². The molecule has 0 aromatic rings. The average Bonchev–Trinajstić information content (AvgIpc) is 2.64. The highest BCUT2D eigenvalue weighted by atomic mass is 16.5. The predicted octanol–water partition coefficient (Wildman–Crippen LogP) is -0.542. The van der Waals surface area contributed by atoms with E-state index in [1.165, 1.54) is 4.90 Å². The number of hydrogen-bond acceptors (Lipinski definition) is 4. The summed E-state index contributed by atoms with van der Waals surface area (Å²) in [5.74, 6) is -1.31. The number of aliphatic carboxylic acids is 1. The fraction of sp³-hybridized carbons (Fsp3) is 0.800. The number of carbonyl (C=O) groups excluding carboxylic acids is 1. The molecule has 1 fully saturated rings. The number of hydrogen-bond donors (Lipinski definition) is 2. The van der Waals surface area contributed by atoms with Gasteiger partial charge in [0.1, 0.15) is 6.10 Å². The van der Waals surface area contributed by atoms with Gasteiger partial charge < -0.3 is 19.8 Å². The lowest BCUT2D eigenvalue weighted by atomic mass is 10.2. The quantitative estimate of drug-likeness (QED) is 0.678. The summed E-state index contributed by atoms with van der Waals surface area (Å²) in [5.41, 5.74) is 0. The molecule has 0 radical (unpaired) electrons. The summed E-state index contributed by atoms with van der Waals surface area (Å²) >= 11 is 0. The molecular formula is C10H17NO5. The lowest BCUT2D eigenvalue weighted by molar-refractivity contribution is -0.154. The second kappa shape index (κ2) is 5.27. The van der Waals surface area contributed by atoms with Gasteiger partial charge in [0.2, 0.25) is 0 Å². The first-order valence-electron chi connectivity index (χ1n) is 5.23. The first-order valence-corrected chi connectivity index (χ1v) is 5.23. The van der Waals surface area contributed by atoms with Crippen LogP contribution in [0.5, 0.6) is 0 Å². The summed E-state index contributed by atoms with van der Waals surface area (Å²) in [5, 5.41) is 17.8. The number of likely N-dealkylation sites (N-methyl/N-ethyl adjacent to an activating group) is 1. The summed E-state index contributed by atoms with van der Waals surface area (Å²) in [7, 11) is 1.56. The topological polar surface area (TPSA) is 87.1 Å². The molecule has 6 nitrogen and oxygen atoms in total. The van der Waals surface area contributed by atoms with Crippen LogP contribution in [0.25, 0.3) is 0 Å². The van der Waals surface area contributed by atoms with E-state index in [4.69, 9.17) is 14.9 Å². The Morgan fingerprint density at radius 1 is 1.44 bits per heavy atom. The Morgan fingerprint density at radius 2 is 2.00 bits per heavy atom. The zero-order valence-corrected chi connectivity index (χ0v) is 9.42. The molecule has 0 bridgehead atoms. The Balaban J connectivity index is 2.47. The number of amides is 1. The molecular weight excluding hydrogens is 214 g/mol. The van der Waals surface area contributed by atoms with E-state index >= 15 is 0 Å². The van der Waals surface area contributed by atoms with Crippen LogP contribution in [-0.4, -0.2) is 58.9 Å². The van der Waals surface area contributed by atoms with Crippen molar-refractivity contribution in [1.29, 1.82) is 0 Å². The Labute approximate surface area is 93.8 Å². The standard InChI is InChI=1S/C10H17NO5/c1-6(12)5-11(2)9(13)7-3-4-8(16-7)10(14)15/h6-8,12H,3-5H2,1-2H3,(H,14,15). The lowest BCUT2D eigenvalue weighted by Gasteiger charge is -2.22. The summed E-state index contributed by atoms with van der Waals surface area (Å²) in [6.07, 6.45) is -1.40. The maximum Gasteiger partial charge on any atom is 0.332 e. The van der Waals surface area contributed by atoms with Gasteiger partial charge in [0.25, 0.3) is 5.91 Å². The minimum Gasteiger partial charge on any atom is -0.479 e. The van der Waals surface area contributed by atoms with Crippen molar-refractivity contribution < 1.29 is 24.5 Å². The molecule has 1 rings (SSSR count). The third-order valence-corrected chi connectivity index (χ3v) is 2.48. The van der Waals surface area contributed by atoms with Crippen molar-refractivity contribution in [3.8, 4) is 0 Å². The van der Waals surface area contributed by atoms with Crippen LogP contribution in [0.3, 0.4) is 0 Å². The number of aliphatic hydroxyl groups is 1. The van der Waals surface area contributed by atoms with Crippen LogP contribution >= 0.6 is 0 Å². The summed E-state index contributed by atoms with van der Waals surface area (Å²) in [4.78, 5) is 23.7. The molecule has 1 amide bonds. The van der Waals surface area contributed by atoms with Crippen LogP contribution in [0.2, 0.25) is 0 Å². The maximum atomic E-state index is 11.7. The molecule has 2 N–H and O–H groups in total. The highest BCUT2D eigenvalue weighted by Crippen LogP contribution is 2.21. The molecule has 0 saturated carbocycles. The first-order chi connectivity index (χ1) is 7.41. The van der Waals surface area contributed by atoms with Crippen LogP contribution in [0.15, 0.2) is 0 Å². The van der Waals surface area contributed by atoms with Gasteiger partial charge in [-0.15, -0.1) is 0 Å². The zero-order chi connectivity index (χ0) is 12.3. The van der Waals surface area contributed by atoms with E-state index in [9.17, 15) is 9.59 Å². The van der Waals surface area contributed by atoms with Crippen LogP contribution in [0.4, 0.5) is 0 Å². The van der Waals surface area contributed by atoms with Crippen molar-refractivity contribution in [3.05, 3.63) is 0 Å². The molecule has 0 spiro atoms. The van der Waals surface area contributed by atoms with Crippen molar-refractivity contribution in [2.45, 2.75) is 38.1 Å². The van der Waals surface area contributed by atoms with Gasteiger partial charge in [-0.05, 0) is 19.8 Å². The SMILES string of the molecule is CC(O)CN(C)C(=O)C1CCC(C(=O)O)O1. The largest absolute Gasteiger partial charge is 0.479 e. The number of aliphatic hydroxyl groups excluding tert-OH is 1. The minimum atomic E-state index is -1.03. The van der Waals surface area contributed by atoms with Crippen molar-refractivity contribution in [3.63, 3.8) is 0 Å². The summed E-state index contributed by atoms with van der Waals surface area (Å²) in [6.45, 7) is 1.80. The molecule has 1 aliphatic heterocycles. The van der Waals surface area contributed by atoms with Gasteiger partial charge in [0, 0.05) is 13.6 Å². The molecule has 0 aliphatic carbocycles. The van der Waals surface area contributed by atoms with E-state index in [-0.39, 0.29) is 12.5 Å². The number of rotatable bonds is 4. The molecule has 16 heavy (non-hydrogen) atoms. The molecule has 0 aromatic carbocycles. The second-order valence-corrected chi connectivity index (χ2v) is 4.10. The maximum absolute atomic E-state index is 11.7. The van der Waals surface area contributed by atoms with E-state index in [1.54, 1.807) is 14.0 Å². The Kier molecular flexibility index (Phi) is 4.26. The van der Waals surface area contributed by atoms with E-state index in [0.717, 1.165) is 0 Å². The third-order valence-electron chi connectivity index (χ3n) is 2.48. The molecule has 0 aromatic heterocycles. The van der Waals surface area contributed by atoms with Crippen LogP contribution in [0, 0.1) is 0 Å². The van der Waals surface area contributed by atoms with Gasteiger partial charge in [-0.25, -0.2) is 4.79 Å². The highest BCUT2D eigenvalue weighted by Gasteiger charge is 2.36. The average molecular weight is 231 g/mol. The van der Waals surface area contributed by atoms with E-state index < -0.39 is 24.3 Å². The Hall–Kier alpha value is -1.14. The predicted molar refractivity (Wildman–Crippen MR) is 54.8 cm³/mol. The van der Waals surface area contributed by atoms with Gasteiger partial charge in [0.15, 0.2) is 6.10 Å². The molecule has 1 saturated heterocycles. The number of carboxylic acid groups (broad SMARTS) is 1. The summed E-state index contributed by atoms with van der Waals surface area (Å²) < 4.78 is 5.11. The Morgan fingerprint density at radius 3 is 2.44 bits per heavy atom. The Bertz CT molecular complexity index is 278. The monoisotopic (exact) mass is 231 g/mol. The van der Waals surface area contributed by atoms with Crippen molar-refractivity contribution >= 4 is 11.9 Å². The first kappa shape index (κ1) is 12.9. The third kappa shape index (κ3) is 3.18. The molecule has 6 heteroatoms. The van der Waals surface area contributed by atoms with Crippen molar-refractivity contribution in [1.82, 2.24) is 4.90 Å². The van der Waals surface area contributed by atoms with E-state index in [2.05, 4.69) is 0 Å². The molecule has 3 unspecified atom stereocenters. The van der Waals surface area contributed by atoms with Gasteiger partial charge in [-0.1, -0.05) is 0 Å². The lowest BCUT2D eigenvalue weighted by Crippen LogP contribution is -2.40. The van der Waals surface area contributed by atoms with Gasteiger partial charge in [-0.2, -0.15) is 0 Å². The van der Waals surface area contributed by atoms with Crippen molar-refractivity contribution in [2.24, 2.45) is 0 Å². The van der Waals surface area contributed by atoms with Gasteiger partial charge in [0.05, 0.1) is 6.10 Å². The summed E-state index contributed by atoms with van der Waals surface area (Å²) in [6, 6.07) is 0. The number of carbonyl (C=O) groups is 2. The van der Waals surface area contributed by atoms with Crippen molar-refractivity contribution in [2.75, 3.05) is 13.6 Å². The van der Waals surface area contributed by atoms with Gasteiger partial charge >= 0.3 is 5.97 Å². The minimum absolute atomic E-state index is 0.219. The second-order valence-electron chi connectivity index (χ2n) is 4.10. The smallest absolute Gasteiger partial charge is 0.332 e. The van der Waals surface area contributed by atoms with Crippen LogP contribution in [-0.2, 0) is 14.3 Å². The number of carboxylic acids is 1. The number of nitrogens with zero attached hydrogens (tertiary/aromatic N) is 1. The normalized spacial score (nSPS) is 26.4. The fourth-order valence-corrected chi connectivity index (χ4v) is 1.73. The molecule has 92 valence electrons. The fourth-order valence-electron chi connectivity index (χ4n) is 1.73. The number of ether oxygens (including phenoxy) is 1. The van der Waals surface area contributed by atoms with Crippen LogP contribution in [0.1, 0.15) is 19.8 Å². The van der Waals surface area contributed by atoms with Gasteiger partial charge in [-0.3, -0.25) is 4.79 Å². The van der Waals surface area contributed by atoms with Crippen LogP contribution < -0.4 is 0 Å². The highest BCUT2D eigenvalue weighted by molar-refractivity contribution is 5.82. The molecule has 1 heterocycles. The molecule has 3 atom stereocenters. The van der Waals surface area contributed by atoms with E-state index in [0.29, 0.717) is 12.8 Å². The molecule has 1 aliphatic rings. The zero-order valence-electron chi connectivity index (χ0n) is 9.42.